The largest absolute Gasteiger partial charge is 0.478 e. The molecule has 0 saturated heterocycles. The first-order chi connectivity index (χ1) is 7.97. The first-order valence-corrected chi connectivity index (χ1v) is 5.80. The molecule has 1 atom stereocenters. The smallest absolute Gasteiger partial charge is 0.337 e. The van der Waals surface area contributed by atoms with Crippen LogP contribution in [-0.4, -0.2) is 24.7 Å². The summed E-state index contributed by atoms with van der Waals surface area (Å²) in [5, 5.41) is 9.15. The topological polar surface area (TPSA) is 66.6 Å². The Morgan fingerprint density at radius 3 is 2.71 bits per heavy atom. The number of aromatic carboxylic acids is 1. The Morgan fingerprint density at radius 2 is 2.18 bits per heavy atom. The Balaban J connectivity index is 3.06. The van der Waals surface area contributed by atoms with Gasteiger partial charge in [-0.25, -0.2) is 4.79 Å². The number of carboxylic acids is 1. The summed E-state index contributed by atoms with van der Waals surface area (Å²) in [6.07, 6.45) is 1.06. The fraction of sp³-hybridized carbons (Fsp3) is 0.462. The molecule has 0 heterocycles. The van der Waals surface area contributed by atoms with Gasteiger partial charge in [0.1, 0.15) is 0 Å². The minimum Gasteiger partial charge on any atom is -0.478 e. The van der Waals surface area contributed by atoms with Gasteiger partial charge in [0.15, 0.2) is 0 Å². The molecular formula is C13H20N2O2. The number of anilines is 2. The second kappa shape index (κ2) is 5.57. The van der Waals surface area contributed by atoms with Crippen molar-refractivity contribution in [1.29, 1.82) is 0 Å². The summed E-state index contributed by atoms with van der Waals surface area (Å²) in [7, 11) is 1.88. The number of nitrogens with two attached hydrogens (primary N) is 1. The third kappa shape index (κ3) is 3.12. The van der Waals surface area contributed by atoms with Crippen LogP contribution in [0.4, 0.5) is 11.4 Å². The van der Waals surface area contributed by atoms with Gasteiger partial charge in [0.2, 0.25) is 0 Å². The Hall–Kier alpha value is -1.71. The van der Waals surface area contributed by atoms with E-state index in [2.05, 4.69) is 13.8 Å². The summed E-state index contributed by atoms with van der Waals surface area (Å²) < 4.78 is 0. The first-order valence-electron chi connectivity index (χ1n) is 5.80. The molecule has 0 aliphatic carbocycles. The molecule has 4 heteroatoms. The van der Waals surface area contributed by atoms with Crippen molar-refractivity contribution < 1.29 is 9.90 Å². The monoisotopic (exact) mass is 236 g/mol. The average molecular weight is 236 g/mol. The van der Waals surface area contributed by atoms with Crippen molar-refractivity contribution in [3.05, 3.63) is 23.8 Å². The fourth-order valence-corrected chi connectivity index (χ4v) is 1.85. The SMILES string of the molecule is CCC(C)CN(C)c1c(N)cccc1C(=O)O. The van der Waals surface area contributed by atoms with E-state index in [4.69, 9.17) is 10.8 Å². The van der Waals surface area contributed by atoms with E-state index in [-0.39, 0.29) is 5.56 Å². The van der Waals surface area contributed by atoms with Crippen molar-refractivity contribution in [3.63, 3.8) is 0 Å². The lowest BCUT2D eigenvalue weighted by Gasteiger charge is -2.25. The molecule has 0 spiro atoms. The summed E-state index contributed by atoms with van der Waals surface area (Å²) in [5.74, 6) is -0.440. The number of nitrogen functional groups attached to an aromatic ring is 1. The summed E-state index contributed by atoms with van der Waals surface area (Å²) in [5.41, 5.74) is 7.25. The molecule has 0 amide bonds. The van der Waals surface area contributed by atoms with Crippen LogP contribution in [0.5, 0.6) is 0 Å². The molecular weight excluding hydrogens is 216 g/mol. The maximum absolute atomic E-state index is 11.2. The van der Waals surface area contributed by atoms with Crippen LogP contribution in [0.2, 0.25) is 0 Å². The highest BCUT2D eigenvalue weighted by Gasteiger charge is 2.17. The van der Waals surface area contributed by atoms with Crippen molar-refractivity contribution in [3.8, 4) is 0 Å². The predicted molar refractivity (Wildman–Crippen MR) is 70.5 cm³/mol. The molecule has 0 aliphatic heterocycles. The van der Waals surface area contributed by atoms with Crippen LogP contribution < -0.4 is 10.6 Å². The van der Waals surface area contributed by atoms with Gasteiger partial charge in [-0.1, -0.05) is 26.3 Å². The lowest BCUT2D eigenvalue weighted by Crippen LogP contribution is -2.26. The van der Waals surface area contributed by atoms with Crippen LogP contribution in [0.1, 0.15) is 30.6 Å². The molecule has 0 aliphatic rings. The van der Waals surface area contributed by atoms with Gasteiger partial charge in [0, 0.05) is 13.6 Å². The number of carbonyl (C=O) groups is 1. The number of benzene rings is 1. The highest BCUT2D eigenvalue weighted by molar-refractivity contribution is 5.97. The van der Waals surface area contributed by atoms with Crippen LogP contribution in [0, 0.1) is 5.92 Å². The van der Waals surface area contributed by atoms with E-state index in [0.29, 0.717) is 17.3 Å². The zero-order valence-corrected chi connectivity index (χ0v) is 10.6. The van der Waals surface area contributed by atoms with Crippen LogP contribution >= 0.6 is 0 Å². The molecule has 0 fully saturated rings. The Morgan fingerprint density at radius 1 is 1.53 bits per heavy atom. The van der Waals surface area contributed by atoms with E-state index in [1.54, 1.807) is 18.2 Å². The van der Waals surface area contributed by atoms with Gasteiger partial charge in [0.05, 0.1) is 16.9 Å². The summed E-state index contributed by atoms with van der Waals surface area (Å²) >= 11 is 0. The maximum Gasteiger partial charge on any atom is 0.337 e. The lowest BCUT2D eigenvalue weighted by atomic mass is 10.1. The Labute approximate surface area is 102 Å². The highest BCUT2D eigenvalue weighted by Crippen LogP contribution is 2.27. The summed E-state index contributed by atoms with van der Waals surface area (Å²) in [6.45, 7) is 5.05. The molecule has 1 aromatic rings. The number of carboxylic acid groups (broad SMARTS) is 1. The fourth-order valence-electron chi connectivity index (χ4n) is 1.85. The standard InChI is InChI=1S/C13H20N2O2/c1-4-9(2)8-15(3)12-10(13(16)17)6-5-7-11(12)14/h5-7,9H,4,8,14H2,1-3H3,(H,16,17). The quantitative estimate of drug-likeness (QED) is 0.771. The lowest BCUT2D eigenvalue weighted by molar-refractivity contribution is 0.0697. The minimum atomic E-state index is -0.941. The third-order valence-electron chi connectivity index (χ3n) is 2.96. The summed E-state index contributed by atoms with van der Waals surface area (Å²) in [4.78, 5) is 13.1. The van der Waals surface area contributed by atoms with Crippen LogP contribution in [0.3, 0.4) is 0 Å². The Kier molecular flexibility index (Phi) is 4.37. The van der Waals surface area contributed by atoms with E-state index in [0.717, 1.165) is 13.0 Å². The molecule has 0 bridgehead atoms. The van der Waals surface area contributed by atoms with Gasteiger partial charge in [0.25, 0.3) is 0 Å². The molecule has 1 aromatic carbocycles. The molecule has 1 rings (SSSR count). The number of para-hydroxylation sites is 1. The third-order valence-corrected chi connectivity index (χ3v) is 2.96. The van der Waals surface area contributed by atoms with Gasteiger partial charge >= 0.3 is 5.97 Å². The molecule has 17 heavy (non-hydrogen) atoms. The van der Waals surface area contributed by atoms with Crippen LogP contribution in [0.25, 0.3) is 0 Å². The van der Waals surface area contributed by atoms with Crippen molar-refractivity contribution >= 4 is 17.3 Å². The normalized spacial score (nSPS) is 12.2. The molecule has 0 saturated carbocycles. The average Bonchev–Trinajstić information content (AvgIpc) is 2.28. The number of hydrogen-bond acceptors (Lipinski definition) is 3. The zero-order chi connectivity index (χ0) is 13.0. The van der Waals surface area contributed by atoms with E-state index in [9.17, 15) is 4.79 Å². The molecule has 0 aromatic heterocycles. The molecule has 3 N–H and O–H groups in total. The van der Waals surface area contributed by atoms with Crippen LogP contribution in [0.15, 0.2) is 18.2 Å². The molecule has 1 unspecified atom stereocenters. The molecule has 94 valence electrons. The van der Waals surface area contributed by atoms with E-state index in [1.165, 1.54) is 0 Å². The van der Waals surface area contributed by atoms with Crippen molar-refractivity contribution in [2.75, 3.05) is 24.2 Å². The van der Waals surface area contributed by atoms with Gasteiger partial charge in [-0.15, -0.1) is 0 Å². The number of nitrogens with zero attached hydrogens (tertiary/aromatic N) is 1. The number of rotatable bonds is 5. The van der Waals surface area contributed by atoms with Gasteiger partial charge in [-0.3, -0.25) is 0 Å². The van der Waals surface area contributed by atoms with E-state index < -0.39 is 5.97 Å². The molecule has 0 radical (unpaired) electrons. The van der Waals surface area contributed by atoms with Crippen LogP contribution in [-0.2, 0) is 0 Å². The maximum atomic E-state index is 11.2. The minimum absolute atomic E-state index is 0.260. The second-order valence-corrected chi connectivity index (χ2v) is 4.44. The zero-order valence-electron chi connectivity index (χ0n) is 10.6. The van der Waals surface area contributed by atoms with E-state index >= 15 is 0 Å². The summed E-state index contributed by atoms with van der Waals surface area (Å²) in [6, 6.07) is 4.98. The van der Waals surface area contributed by atoms with Crippen molar-refractivity contribution in [2.24, 2.45) is 5.92 Å². The van der Waals surface area contributed by atoms with Crippen molar-refractivity contribution in [1.82, 2.24) is 0 Å². The molecule has 4 nitrogen and oxygen atoms in total. The second-order valence-electron chi connectivity index (χ2n) is 4.44. The van der Waals surface area contributed by atoms with Gasteiger partial charge < -0.3 is 15.7 Å². The number of hydrogen-bond donors (Lipinski definition) is 2. The Bertz CT molecular complexity index is 404. The van der Waals surface area contributed by atoms with Gasteiger partial charge in [-0.2, -0.15) is 0 Å². The van der Waals surface area contributed by atoms with E-state index in [1.807, 2.05) is 11.9 Å². The van der Waals surface area contributed by atoms with Crippen molar-refractivity contribution in [2.45, 2.75) is 20.3 Å². The highest BCUT2D eigenvalue weighted by atomic mass is 16.4. The first kappa shape index (κ1) is 13.4. The predicted octanol–water partition coefficient (Wildman–Crippen LogP) is 2.45. The van der Waals surface area contributed by atoms with Gasteiger partial charge in [-0.05, 0) is 18.1 Å².